The predicted molar refractivity (Wildman–Crippen MR) is 128 cm³/mol. The van der Waals surface area contributed by atoms with Crippen molar-refractivity contribution in [2.45, 2.75) is 52.6 Å². The number of carbonyl (C=O) groups excluding carboxylic acids is 3. The molecule has 1 aliphatic heterocycles. The maximum Gasteiger partial charge on any atom is 0.263 e. The van der Waals surface area contributed by atoms with Crippen molar-refractivity contribution in [2.75, 3.05) is 13.1 Å². The van der Waals surface area contributed by atoms with Gasteiger partial charge >= 0.3 is 0 Å². The van der Waals surface area contributed by atoms with E-state index in [1.165, 1.54) is 11.3 Å². The molecule has 2 heterocycles. The molecule has 1 aliphatic rings. The van der Waals surface area contributed by atoms with Crippen LogP contribution in [0.2, 0.25) is 0 Å². The third-order valence-electron chi connectivity index (χ3n) is 6.36. The van der Waals surface area contributed by atoms with Gasteiger partial charge in [-0.25, -0.2) is 0 Å². The number of aryl methyl sites for hydroxylation is 1. The minimum atomic E-state index is -0.637. The van der Waals surface area contributed by atoms with Crippen molar-refractivity contribution in [3.05, 3.63) is 57.8 Å². The highest BCUT2D eigenvalue weighted by Gasteiger charge is 2.35. The van der Waals surface area contributed by atoms with Gasteiger partial charge in [0.25, 0.3) is 11.8 Å². The zero-order valence-electron chi connectivity index (χ0n) is 19.3. The topological polar surface area (TPSA) is 78.5 Å². The zero-order chi connectivity index (χ0) is 23.3. The Kier molecular flexibility index (Phi) is 8.07. The van der Waals surface area contributed by atoms with E-state index in [9.17, 15) is 14.4 Å². The van der Waals surface area contributed by atoms with E-state index >= 15 is 0 Å². The van der Waals surface area contributed by atoms with E-state index < -0.39 is 6.04 Å². The summed E-state index contributed by atoms with van der Waals surface area (Å²) in [4.78, 5) is 41.5. The van der Waals surface area contributed by atoms with Crippen LogP contribution in [0.5, 0.6) is 0 Å². The quantitative estimate of drug-likeness (QED) is 0.665. The van der Waals surface area contributed by atoms with Crippen LogP contribution >= 0.6 is 11.3 Å². The number of nitrogens with one attached hydrogen (secondary N) is 2. The lowest BCUT2D eigenvalue weighted by molar-refractivity contribution is -0.125. The highest BCUT2D eigenvalue weighted by Crippen LogP contribution is 2.24. The van der Waals surface area contributed by atoms with Gasteiger partial charge in [-0.1, -0.05) is 38.1 Å². The van der Waals surface area contributed by atoms with E-state index in [-0.39, 0.29) is 35.6 Å². The Morgan fingerprint density at radius 1 is 1.00 bits per heavy atom. The van der Waals surface area contributed by atoms with Crippen LogP contribution in [0.3, 0.4) is 0 Å². The van der Waals surface area contributed by atoms with Crippen LogP contribution in [0, 0.1) is 18.8 Å². The Morgan fingerprint density at radius 2 is 1.69 bits per heavy atom. The van der Waals surface area contributed by atoms with Crippen LogP contribution in [0.25, 0.3) is 0 Å². The molecule has 2 N–H and O–H groups in total. The van der Waals surface area contributed by atoms with Crippen LogP contribution in [0.4, 0.5) is 0 Å². The van der Waals surface area contributed by atoms with Gasteiger partial charge in [0, 0.05) is 24.7 Å². The van der Waals surface area contributed by atoms with E-state index in [1.54, 1.807) is 6.07 Å². The second-order valence-corrected chi connectivity index (χ2v) is 9.86. The average Bonchev–Trinajstić information content (AvgIpc) is 3.32. The van der Waals surface area contributed by atoms with E-state index in [4.69, 9.17) is 0 Å². The number of benzene rings is 1. The van der Waals surface area contributed by atoms with Gasteiger partial charge in [-0.15, -0.1) is 11.3 Å². The Hall–Kier alpha value is -2.67. The monoisotopic (exact) mass is 455 g/mol. The maximum atomic E-state index is 13.2. The molecule has 0 aliphatic carbocycles. The Morgan fingerprint density at radius 3 is 2.28 bits per heavy atom. The summed E-state index contributed by atoms with van der Waals surface area (Å²) in [6.45, 7) is 9.13. The number of thiophene rings is 1. The fourth-order valence-electron chi connectivity index (χ4n) is 3.92. The van der Waals surface area contributed by atoms with Gasteiger partial charge < -0.3 is 15.5 Å². The van der Waals surface area contributed by atoms with Crippen molar-refractivity contribution in [1.82, 2.24) is 15.5 Å². The first-order chi connectivity index (χ1) is 15.3. The minimum absolute atomic E-state index is 0.000795. The molecule has 6 nitrogen and oxygen atoms in total. The zero-order valence-corrected chi connectivity index (χ0v) is 20.1. The number of likely N-dealkylation sites (tertiary alicyclic amines) is 1. The van der Waals surface area contributed by atoms with Gasteiger partial charge in [0.05, 0.1) is 4.88 Å². The summed E-state index contributed by atoms with van der Waals surface area (Å²) >= 11 is 1.44. The highest BCUT2D eigenvalue weighted by atomic mass is 32.1. The molecule has 1 fully saturated rings. The van der Waals surface area contributed by atoms with Gasteiger partial charge in [-0.3, -0.25) is 14.4 Å². The second kappa shape index (κ2) is 10.8. The third kappa shape index (κ3) is 5.76. The molecular weight excluding hydrogens is 422 g/mol. The molecule has 0 spiro atoms. The van der Waals surface area contributed by atoms with Crippen LogP contribution in [0.15, 0.2) is 41.8 Å². The molecule has 172 valence electrons. The van der Waals surface area contributed by atoms with Crippen molar-refractivity contribution in [3.63, 3.8) is 0 Å². The summed E-state index contributed by atoms with van der Waals surface area (Å²) in [6, 6.07) is 10.5. The summed E-state index contributed by atoms with van der Waals surface area (Å²) in [5.74, 6) is -0.0998. The Bertz CT molecular complexity index is 934. The van der Waals surface area contributed by atoms with Crippen molar-refractivity contribution in [1.29, 1.82) is 0 Å². The lowest BCUT2D eigenvalue weighted by Gasteiger charge is -2.36. The fourth-order valence-corrected chi connectivity index (χ4v) is 4.61. The summed E-state index contributed by atoms with van der Waals surface area (Å²) in [7, 11) is 0. The summed E-state index contributed by atoms with van der Waals surface area (Å²) < 4.78 is 0. The van der Waals surface area contributed by atoms with E-state index in [0.29, 0.717) is 31.5 Å². The first-order valence-electron chi connectivity index (χ1n) is 11.3. The van der Waals surface area contributed by atoms with Crippen molar-refractivity contribution < 1.29 is 14.4 Å². The maximum absolute atomic E-state index is 13.2. The van der Waals surface area contributed by atoms with Gasteiger partial charge in [-0.2, -0.15) is 0 Å². The second-order valence-electron chi connectivity index (χ2n) is 8.91. The number of hydrogen-bond donors (Lipinski definition) is 2. The smallest absolute Gasteiger partial charge is 0.263 e. The number of rotatable bonds is 7. The molecule has 3 rings (SSSR count). The summed E-state index contributed by atoms with van der Waals surface area (Å²) in [6.07, 6.45) is 1.33. The lowest BCUT2D eigenvalue weighted by Crippen LogP contribution is -2.55. The molecule has 0 radical (unpaired) electrons. The lowest BCUT2D eigenvalue weighted by atomic mass is 9.88. The Balaban J connectivity index is 1.72. The largest absolute Gasteiger partial charge is 0.352 e. The molecule has 7 heteroatoms. The average molecular weight is 456 g/mol. The van der Waals surface area contributed by atoms with Gasteiger partial charge in [-0.05, 0) is 61.6 Å². The third-order valence-corrected chi connectivity index (χ3v) is 7.22. The van der Waals surface area contributed by atoms with Crippen molar-refractivity contribution in [3.8, 4) is 0 Å². The fraction of sp³-hybridized carbons (Fsp3) is 0.480. The molecule has 2 aromatic rings. The van der Waals surface area contributed by atoms with Gasteiger partial charge in [0.15, 0.2) is 0 Å². The highest BCUT2D eigenvalue weighted by molar-refractivity contribution is 7.12. The number of nitrogens with zero attached hydrogens (tertiary/aromatic N) is 1. The summed E-state index contributed by atoms with van der Waals surface area (Å²) in [5.41, 5.74) is 1.45. The van der Waals surface area contributed by atoms with E-state index in [2.05, 4.69) is 24.5 Å². The Labute approximate surface area is 194 Å². The molecule has 32 heavy (non-hydrogen) atoms. The van der Waals surface area contributed by atoms with Crippen LogP contribution in [-0.2, 0) is 4.79 Å². The first-order valence-corrected chi connectivity index (χ1v) is 12.2. The standard InChI is InChI=1S/C25H33N3O3S/c1-16(2)18(4)26-24(30)22(27-23(29)20-9-6-5-8-17(20)3)19-11-13-28(14-12-19)25(31)21-10-7-15-32-21/h5-10,15-16,18-19,22H,11-14H2,1-4H3,(H,26,30)(H,27,29)/t18-,22-/m1/s1. The van der Waals surface area contributed by atoms with Crippen molar-refractivity contribution in [2.24, 2.45) is 11.8 Å². The van der Waals surface area contributed by atoms with Crippen LogP contribution < -0.4 is 10.6 Å². The molecular formula is C25H33N3O3S. The first kappa shape index (κ1) is 24.0. The number of piperidine rings is 1. The number of carbonyl (C=O) groups is 3. The molecule has 2 atom stereocenters. The van der Waals surface area contributed by atoms with Gasteiger partial charge in [0.1, 0.15) is 6.04 Å². The molecule has 1 aromatic heterocycles. The molecule has 1 aromatic carbocycles. The van der Waals surface area contributed by atoms with Crippen LogP contribution in [-0.4, -0.2) is 47.8 Å². The molecule has 3 amide bonds. The summed E-state index contributed by atoms with van der Waals surface area (Å²) in [5, 5.41) is 7.98. The van der Waals surface area contributed by atoms with E-state index in [1.807, 2.05) is 54.5 Å². The molecule has 0 unspecified atom stereocenters. The molecule has 1 saturated heterocycles. The molecule has 0 bridgehead atoms. The number of amides is 3. The normalized spacial score (nSPS) is 16.5. The van der Waals surface area contributed by atoms with Crippen molar-refractivity contribution >= 4 is 29.1 Å². The minimum Gasteiger partial charge on any atom is -0.352 e. The predicted octanol–water partition coefficient (Wildman–Crippen LogP) is 3.87. The van der Waals surface area contributed by atoms with E-state index in [0.717, 1.165) is 10.4 Å². The molecule has 0 saturated carbocycles. The SMILES string of the molecule is Cc1ccccc1C(=O)N[C@@H](C(=O)N[C@H](C)C(C)C)C1CCN(C(=O)c2cccs2)CC1. The van der Waals surface area contributed by atoms with Gasteiger partial charge in [0.2, 0.25) is 5.91 Å². The van der Waals surface area contributed by atoms with Crippen LogP contribution in [0.1, 0.15) is 59.2 Å². The number of hydrogen-bond acceptors (Lipinski definition) is 4.